The van der Waals surface area contributed by atoms with Crippen LogP contribution in [0.4, 0.5) is 0 Å². The van der Waals surface area contributed by atoms with Crippen LogP contribution in [0.15, 0.2) is 48.5 Å². The van der Waals surface area contributed by atoms with Crippen molar-refractivity contribution in [3.63, 3.8) is 0 Å². The number of amides is 2. The first-order valence-electron chi connectivity index (χ1n) is 9.78. The minimum atomic E-state index is -3.74. The average Bonchev–Trinajstić information content (AvgIpc) is 3.05. The molecule has 3 N–H and O–H groups in total. The van der Waals surface area contributed by atoms with Gasteiger partial charge in [0.2, 0.25) is 10.0 Å². The Morgan fingerprint density at radius 2 is 1.75 bits per heavy atom. The molecule has 0 aliphatic heterocycles. The number of benzene rings is 2. The molecule has 0 unspecified atom stereocenters. The van der Waals surface area contributed by atoms with Crippen LogP contribution in [0.25, 0.3) is 10.9 Å². The minimum Gasteiger partial charge on any atom is -0.483 e. The molecule has 0 fully saturated rings. The minimum absolute atomic E-state index is 0.116. The quantitative estimate of drug-likeness (QED) is 0.368. The molecule has 10 heteroatoms. The Bertz CT molecular complexity index is 1300. The van der Waals surface area contributed by atoms with E-state index in [0.29, 0.717) is 29.6 Å². The van der Waals surface area contributed by atoms with Gasteiger partial charge in [-0.25, -0.2) is 8.42 Å². The number of nitrogens with zero attached hydrogens (tertiary/aromatic N) is 1. The average molecular weight is 458 g/mol. The predicted octanol–water partition coefficient (Wildman–Crippen LogP) is 1.37. The normalized spacial score (nSPS) is 11.3. The molecular weight excluding hydrogens is 434 g/mol. The Morgan fingerprint density at radius 1 is 1.06 bits per heavy atom. The van der Waals surface area contributed by atoms with Gasteiger partial charge in [-0.1, -0.05) is 43.3 Å². The molecule has 0 bridgehead atoms. The Kier molecular flexibility index (Phi) is 6.64. The number of carbonyl (C=O) groups is 3. The summed E-state index contributed by atoms with van der Waals surface area (Å²) in [4.78, 5) is 36.5. The molecular formula is C22H23N3O6S. The molecule has 0 saturated carbocycles. The summed E-state index contributed by atoms with van der Waals surface area (Å²) in [7, 11) is -3.74. The summed E-state index contributed by atoms with van der Waals surface area (Å²) in [5.41, 5.74) is 7.64. The molecule has 2 aromatic carbocycles. The topological polar surface area (TPSA) is 138 Å². The number of hydrogen-bond donors (Lipinski definition) is 2. The number of aromatic nitrogens is 1. The second-order valence-electron chi connectivity index (χ2n) is 7.18. The summed E-state index contributed by atoms with van der Waals surface area (Å²) >= 11 is 0. The zero-order valence-corrected chi connectivity index (χ0v) is 18.4. The first kappa shape index (κ1) is 23.0. The molecule has 3 rings (SSSR count). The van der Waals surface area contributed by atoms with E-state index < -0.39 is 34.2 Å². The number of carbonyl (C=O) groups excluding carboxylic acids is 3. The zero-order valence-electron chi connectivity index (χ0n) is 17.6. The first-order chi connectivity index (χ1) is 15.1. The molecule has 32 heavy (non-hydrogen) atoms. The molecule has 1 heterocycles. The molecule has 0 atom stereocenters. The van der Waals surface area contributed by atoms with Gasteiger partial charge in [0.25, 0.3) is 17.6 Å². The van der Waals surface area contributed by atoms with Crippen molar-refractivity contribution >= 4 is 38.5 Å². The van der Waals surface area contributed by atoms with E-state index in [4.69, 9.17) is 10.5 Å². The summed E-state index contributed by atoms with van der Waals surface area (Å²) in [5, 5.41) is 0.344. The van der Waals surface area contributed by atoms with E-state index in [9.17, 15) is 22.8 Å². The Balaban J connectivity index is 2.14. The number of nitrogens with two attached hydrogens (primary N) is 1. The maximum atomic E-state index is 12.8. The maximum Gasteiger partial charge on any atom is 0.289 e. The molecule has 2 amide bonds. The second kappa shape index (κ2) is 9.23. The zero-order chi connectivity index (χ0) is 23.5. The molecule has 3 aromatic rings. The molecule has 0 aliphatic carbocycles. The van der Waals surface area contributed by atoms with Crippen molar-refractivity contribution in [2.75, 3.05) is 12.9 Å². The molecule has 0 aliphatic rings. The van der Waals surface area contributed by atoms with Crippen molar-refractivity contribution in [2.24, 2.45) is 5.73 Å². The highest BCUT2D eigenvalue weighted by atomic mass is 32.2. The van der Waals surface area contributed by atoms with Gasteiger partial charge in [-0.2, -0.15) is 0 Å². The highest BCUT2D eigenvalue weighted by Gasteiger charge is 2.27. The van der Waals surface area contributed by atoms with Crippen molar-refractivity contribution in [1.29, 1.82) is 0 Å². The van der Waals surface area contributed by atoms with Crippen molar-refractivity contribution < 1.29 is 27.5 Å². The smallest absolute Gasteiger partial charge is 0.289 e. The Labute approximate surface area is 185 Å². The highest BCUT2D eigenvalue weighted by molar-refractivity contribution is 7.89. The van der Waals surface area contributed by atoms with Crippen LogP contribution < -0.4 is 15.2 Å². The lowest BCUT2D eigenvalue weighted by Gasteiger charge is -2.11. The van der Waals surface area contributed by atoms with Gasteiger partial charge in [0.1, 0.15) is 5.75 Å². The SMILES string of the molecule is CCc1c(C(=O)C(N)=O)c2c(OCC(=O)NS(C)(=O)=O)cccc2n1Cc1ccccc1. The number of rotatable bonds is 9. The van der Waals surface area contributed by atoms with Crippen LogP contribution in [0.1, 0.15) is 28.5 Å². The number of fused-ring (bicyclic) bond motifs is 1. The largest absolute Gasteiger partial charge is 0.483 e. The third-order valence-corrected chi connectivity index (χ3v) is 5.39. The first-order valence-corrected chi connectivity index (χ1v) is 11.7. The lowest BCUT2D eigenvalue weighted by atomic mass is 10.0. The van der Waals surface area contributed by atoms with Crippen LogP contribution >= 0.6 is 0 Å². The lowest BCUT2D eigenvalue weighted by molar-refractivity contribution is -0.121. The predicted molar refractivity (Wildman–Crippen MR) is 119 cm³/mol. The van der Waals surface area contributed by atoms with E-state index in [1.165, 1.54) is 0 Å². The second-order valence-corrected chi connectivity index (χ2v) is 8.93. The highest BCUT2D eigenvalue weighted by Crippen LogP contribution is 2.35. The van der Waals surface area contributed by atoms with Crippen LogP contribution in [0.2, 0.25) is 0 Å². The van der Waals surface area contributed by atoms with Crippen molar-refractivity contribution in [3.05, 3.63) is 65.4 Å². The Morgan fingerprint density at radius 3 is 2.34 bits per heavy atom. The van der Waals surface area contributed by atoms with E-state index >= 15 is 0 Å². The van der Waals surface area contributed by atoms with Gasteiger partial charge >= 0.3 is 0 Å². The van der Waals surface area contributed by atoms with Gasteiger partial charge in [0, 0.05) is 12.2 Å². The van der Waals surface area contributed by atoms with Gasteiger partial charge < -0.3 is 15.0 Å². The van der Waals surface area contributed by atoms with Crippen LogP contribution in [-0.4, -0.2) is 43.4 Å². The van der Waals surface area contributed by atoms with E-state index in [1.807, 2.05) is 46.5 Å². The summed E-state index contributed by atoms with van der Waals surface area (Å²) in [6, 6.07) is 14.6. The number of hydrogen-bond acceptors (Lipinski definition) is 6. The molecule has 0 spiro atoms. The van der Waals surface area contributed by atoms with Crippen LogP contribution in [0.3, 0.4) is 0 Å². The van der Waals surface area contributed by atoms with Crippen molar-refractivity contribution in [1.82, 2.24) is 9.29 Å². The third-order valence-electron chi connectivity index (χ3n) is 4.79. The molecule has 0 saturated heterocycles. The molecule has 0 radical (unpaired) electrons. The molecule has 9 nitrogen and oxygen atoms in total. The summed E-state index contributed by atoms with van der Waals surface area (Å²) < 4.78 is 31.8. The van der Waals surface area contributed by atoms with Gasteiger partial charge in [-0.05, 0) is 24.1 Å². The van der Waals surface area contributed by atoms with Gasteiger partial charge in [0.05, 0.1) is 22.7 Å². The third kappa shape index (κ3) is 4.97. The number of primary amides is 1. The molecule has 168 valence electrons. The fraction of sp³-hybridized carbons (Fsp3) is 0.227. The maximum absolute atomic E-state index is 12.8. The van der Waals surface area contributed by atoms with E-state index in [-0.39, 0.29) is 11.3 Å². The summed E-state index contributed by atoms with van der Waals surface area (Å²) in [6.45, 7) is 1.69. The van der Waals surface area contributed by atoms with Crippen molar-refractivity contribution in [2.45, 2.75) is 19.9 Å². The van der Waals surface area contributed by atoms with Crippen molar-refractivity contribution in [3.8, 4) is 5.75 Å². The van der Waals surface area contributed by atoms with Gasteiger partial charge in [0.15, 0.2) is 6.61 Å². The lowest BCUT2D eigenvalue weighted by Crippen LogP contribution is -2.33. The number of ether oxygens (including phenoxy) is 1. The molecule has 1 aromatic heterocycles. The number of Topliss-reactive ketones (excluding diaryl/α,β-unsaturated/α-hetero) is 1. The van der Waals surface area contributed by atoms with Gasteiger partial charge in [-0.3, -0.25) is 19.1 Å². The monoisotopic (exact) mass is 457 g/mol. The fourth-order valence-corrected chi connectivity index (χ4v) is 4.07. The van der Waals surface area contributed by atoms with Gasteiger partial charge in [-0.15, -0.1) is 0 Å². The van der Waals surface area contributed by atoms with Crippen LogP contribution in [0, 0.1) is 0 Å². The van der Waals surface area contributed by atoms with Crippen LogP contribution in [-0.2, 0) is 32.6 Å². The number of sulfonamides is 1. The number of nitrogens with one attached hydrogen (secondary N) is 1. The summed E-state index contributed by atoms with van der Waals surface area (Å²) in [5.74, 6) is -2.68. The Hall–Kier alpha value is -3.66. The van der Waals surface area contributed by atoms with E-state index in [1.54, 1.807) is 18.2 Å². The summed E-state index contributed by atoms with van der Waals surface area (Å²) in [6.07, 6.45) is 1.29. The standard InChI is InChI=1S/C22H23N3O6S/c1-3-15-20(21(27)22(23)28)19-16(25(15)12-14-8-5-4-6-9-14)10-7-11-17(19)31-13-18(26)24-32(2,29)30/h4-11H,3,12-13H2,1-2H3,(H2,23,28)(H,24,26). The van der Waals surface area contributed by atoms with E-state index in [2.05, 4.69) is 0 Å². The van der Waals surface area contributed by atoms with Crippen LogP contribution in [0.5, 0.6) is 5.75 Å². The fourth-order valence-electron chi connectivity index (χ4n) is 3.60. The van der Waals surface area contributed by atoms with E-state index in [0.717, 1.165) is 11.8 Å². The number of ketones is 1.